The van der Waals surface area contributed by atoms with Crippen LogP contribution in [0.1, 0.15) is 5.56 Å². The number of fused-ring (bicyclic) bond motifs is 4. The average Bonchev–Trinajstić information content (AvgIpc) is 3.68. The van der Waals surface area contributed by atoms with Crippen molar-refractivity contribution in [3.8, 4) is 33.8 Å². The number of halogens is 6. The van der Waals surface area contributed by atoms with Crippen LogP contribution in [0, 0.1) is 12.1 Å². The Morgan fingerprint density at radius 1 is 0.694 bits per heavy atom. The van der Waals surface area contributed by atoms with Crippen LogP contribution in [0.2, 0.25) is 0 Å². The molecule has 0 spiro atoms. The SMILES string of the molecule is FC(F)(F)c1ccc2c(c1)c1cc[c-]c(-c3ccccn3)c1n2C(F)(F)F.[Ir].[c-]1ccccc1-c1noc2cc(-c3cccnc3)ncc12. The largest absolute Gasteiger partial charge is 0.481 e. The van der Waals surface area contributed by atoms with Gasteiger partial charge in [0.05, 0.1) is 11.3 Å². The Balaban J connectivity index is 0.000000171. The van der Waals surface area contributed by atoms with E-state index >= 15 is 0 Å². The van der Waals surface area contributed by atoms with Crippen molar-refractivity contribution in [2.45, 2.75) is 12.5 Å². The molecule has 49 heavy (non-hydrogen) atoms. The number of rotatable bonds is 3. The fraction of sp³-hybridized carbons (Fsp3) is 0.0556. The van der Waals surface area contributed by atoms with E-state index in [9.17, 15) is 26.3 Å². The van der Waals surface area contributed by atoms with Crippen molar-refractivity contribution in [1.29, 1.82) is 0 Å². The fourth-order valence-electron chi connectivity index (χ4n) is 5.39. The van der Waals surface area contributed by atoms with Crippen LogP contribution in [0.4, 0.5) is 26.3 Å². The van der Waals surface area contributed by atoms with Gasteiger partial charge in [0, 0.05) is 73.1 Å². The minimum Gasteiger partial charge on any atom is -0.366 e. The monoisotopic (exact) mass is 844 g/mol. The molecule has 5 heterocycles. The summed E-state index contributed by atoms with van der Waals surface area (Å²) in [6, 6.07) is 29.0. The summed E-state index contributed by atoms with van der Waals surface area (Å²) in [5.74, 6) is 0. The standard InChI is InChI=1S/C19H9F6N2.C17H10N3O.Ir/c20-18(21,22)11-7-8-16-14(10-11)12-4-3-5-13(15-6-1-2-9-26-15)17(12)27(16)19(23,24)25;1-2-5-12(6-3-1)17-14-11-19-15(9-16(14)21-20-17)13-7-4-8-18-10-13;/h1-4,6-10H;1-5,7-11H;/q2*-1;. The molecular weight excluding hydrogens is 825 g/mol. The van der Waals surface area contributed by atoms with Crippen LogP contribution in [0.15, 0.2) is 120 Å². The topological polar surface area (TPSA) is 69.6 Å². The second kappa shape index (κ2) is 13.3. The first kappa shape index (κ1) is 33.5. The summed E-state index contributed by atoms with van der Waals surface area (Å²) >= 11 is 0. The number of nitrogens with zero attached hydrogens (tertiary/aromatic N) is 5. The number of hydrogen-bond acceptors (Lipinski definition) is 5. The first-order chi connectivity index (χ1) is 23.1. The zero-order valence-electron chi connectivity index (χ0n) is 24.7. The van der Waals surface area contributed by atoms with Gasteiger partial charge in [-0.1, -0.05) is 17.5 Å². The third kappa shape index (κ3) is 6.55. The Morgan fingerprint density at radius 3 is 2.22 bits per heavy atom. The quantitative estimate of drug-likeness (QED) is 0.131. The summed E-state index contributed by atoms with van der Waals surface area (Å²) < 4.78 is 86.1. The molecule has 0 aliphatic heterocycles. The molecule has 13 heteroatoms. The van der Waals surface area contributed by atoms with Crippen LogP contribution < -0.4 is 0 Å². The van der Waals surface area contributed by atoms with E-state index in [1.54, 1.807) is 30.7 Å². The summed E-state index contributed by atoms with van der Waals surface area (Å²) in [5, 5.41) is 4.93. The van der Waals surface area contributed by atoms with Crippen molar-refractivity contribution >= 4 is 32.8 Å². The van der Waals surface area contributed by atoms with Gasteiger partial charge in [0.15, 0.2) is 5.58 Å². The Labute approximate surface area is 287 Å². The van der Waals surface area contributed by atoms with E-state index in [-0.39, 0.29) is 57.7 Å². The predicted molar refractivity (Wildman–Crippen MR) is 167 cm³/mol. The summed E-state index contributed by atoms with van der Waals surface area (Å²) in [5.41, 5.74) is 2.78. The van der Waals surface area contributed by atoms with Crippen molar-refractivity contribution < 1.29 is 51.0 Å². The zero-order chi connectivity index (χ0) is 33.5. The zero-order valence-corrected chi connectivity index (χ0v) is 27.1. The summed E-state index contributed by atoms with van der Waals surface area (Å²) in [6.45, 7) is 0. The van der Waals surface area contributed by atoms with Gasteiger partial charge in [-0.05, 0) is 53.0 Å². The van der Waals surface area contributed by atoms with Gasteiger partial charge in [0.2, 0.25) is 0 Å². The predicted octanol–water partition coefficient (Wildman–Crippen LogP) is 9.90. The molecule has 5 aromatic heterocycles. The smallest absolute Gasteiger partial charge is 0.366 e. The van der Waals surface area contributed by atoms with Crippen LogP contribution >= 0.6 is 0 Å². The van der Waals surface area contributed by atoms with Crippen molar-refractivity contribution in [3.05, 3.63) is 133 Å². The Morgan fingerprint density at radius 2 is 1.53 bits per heavy atom. The molecule has 0 atom stereocenters. The fourth-order valence-corrected chi connectivity index (χ4v) is 5.39. The molecule has 0 bridgehead atoms. The Kier molecular flexibility index (Phi) is 9.06. The van der Waals surface area contributed by atoms with E-state index < -0.39 is 18.0 Å². The minimum atomic E-state index is -4.83. The molecular formula is C36H19F6IrN5O-2. The summed E-state index contributed by atoms with van der Waals surface area (Å²) in [4.78, 5) is 12.6. The van der Waals surface area contributed by atoms with Gasteiger partial charge < -0.3 is 9.51 Å². The number of benzene rings is 3. The third-order valence-corrected chi connectivity index (χ3v) is 7.50. The Bertz CT molecular complexity index is 2380. The maximum absolute atomic E-state index is 13.8. The van der Waals surface area contributed by atoms with Gasteiger partial charge in [0.1, 0.15) is 0 Å². The molecule has 1 radical (unpaired) electrons. The van der Waals surface area contributed by atoms with Crippen molar-refractivity contribution in [2.24, 2.45) is 0 Å². The maximum Gasteiger partial charge on any atom is 0.481 e. The first-order valence-corrected chi connectivity index (χ1v) is 14.3. The normalized spacial score (nSPS) is 11.7. The van der Waals surface area contributed by atoms with E-state index in [1.807, 2.05) is 42.5 Å². The molecule has 0 aliphatic carbocycles. The van der Waals surface area contributed by atoms with E-state index in [0.29, 0.717) is 11.6 Å². The molecule has 0 saturated carbocycles. The molecule has 0 N–H and O–H groups in total. The van der Waals surface area contributed by atoms with Crippen LogP contribution in [0.25, 0.3) is 66.5 Å². The van der Waals surface area contributed by atoms with Gasteiger partial charge in [-0.3, -0.25) is 14.5 Å². The van der Waals surface area contributed by atoms with Crippen LogP contribution in [-0.2, 0) is 32.6 Å². The molecule has 8 rings (SSSR count). The molecule has 0 fully saturated rings. The van der Waals surface area contributed by atoms with Gasteiger partial charge >= 0.3 is 12.5 Å². The van der Waals surface area contributed by atoms with Gasteiger partial charge in [0.25, 0.3) is 0 Å². The second-order valence-electron chi connectivity index (χ2n) is 10.5. The van der Waals surface area contributed by atoms with E-state index in [2.05, 4.69) is 32.2 Å². The van der Waals surface area contributed by atoms with Gasteiger partial charge in [-0.15, -0.1) is 64.8 Å². The van der Waals surface area contributed by atoms with Crippen molar-refractivity contribution in [1.82, 2.24) is 24.7 Å². The van der Waals surface area contributed by atoms with Crippen molar-refractivity contribution in [2.75, 3.05) is 0 Å². The number of hydrogen-bond donors (Lipinski definition) is 0. The molecule has 0 saturated heterocycles. The average molecular weight is 844 g/mol. The molecule has 8 aromatic rings. The van der Waals surface area contributed by atoms with Crippen molar-refractivity contribution in [3.63, 3.8) is 0 Å². The maximum atomic E-state index is 13.8. The summed E-state index contributed by atoms with van der Waals surface area (Å²) in [7, 11) is 0. The van der Waals surface area contributed by atoms with Crippen LogP contribution in [-0.4, -0.2) is 24.7 Å². The Hall–Kier alpha value is -5.39. The van der Waals surface area contributed by atoms with Gasteiger partial charge in [-0.2, -0.15) is 26.3 Å². The van der Waals surface area contributed by atoms with E-state index in [0.717, 1.165) is 40.0 Å². The first-order valence-electron chi connectivity index (χ1n) is 14.3. The third-order valence-electron chi connectivity index (χ3n) is 7.50. The molecule has 0 amide bonds. The van der Waals surface area contributed by atoms with E-state index in [1.165, 1.54) is 24.4 Å². The number of alkyl halides is 6. The summed E-state index contributed by atoms with van der Waals surface area (Å²) in [6.07, 6.45) is -2.78. The molecule has 247 valence electrons. The van der Waals surface area contributed by atoms with Crippen LogP contribution in [0.3, 0.4) is 0 Å². The molecule has 0 aliphatic rings. The molecule has 0 unspecified atom stereocenters. The minimum absolute atomic E-state index is 0. The van der Waals surface area contributed by atoms with Crippen LogP contribution in [0.5, 0.6) is 0 Å². The number of aromatic nitrogens is 5. The van der Waals surface area contributed by atoms with Gasteiger partial charge in [-0.25, -0.2) is 0 Å². The number of pyridine rings is 3. The second-order valence-corrected chi connectivity index (χ2v) is 10.5. The van der Waals surface area contributed by atoms with E-state index in [4.69, 9.17) is 4.52 Å². The molecule has 6 nitrogen and oxygen atoms in total. The molecule has 3 aromatic carbocycles.